The van der Waals surface area contributed by atoms with Gasteiger partial charge in [0.2, 0.25) is 0 Å². The standard InChI is InChI=1S/C18H22FNO/c1-4-18(13(2)3,16-7-5-6-12-20-16)17(21)14-8-10-15(19)11-9-14/h5-13,17,21H,4H2,1-3H3. The summed E-state index contributed by atoms with van der Waals surface area (Å²) in [6, 6.07) is 11.8. The van der Waals surface area contributed by atoms with Gasteiger partial charge in [-0.25, -0.2) is 4.39 Å². The van der Waals surface area contributed by atoms with Gasteiger partial charge in [0, 0.05) is 17.3 Å². The minimum absolute atomic E-state index is 0.192. The molecule has 0 bridgehead atoms. The highest BCUT2D eigenvalue weighted by Crippen LogP contribution is 2.45. The Morgan fingerprint density at radius 3 is 2.29 bits per heavy atom. The molecule has 2 unspecified atom stereocenters. The summed E-state index contributed by atoms with van der Waals surface area (Å²) in [6.07, 6.45) is 1.78. The topological polar surface area (TPSA) is 33.1 Å². The minimum Gasteiger partial charge on any atom is -0.387 e. The lowest BCUT2D eigenvalue weighted by Crippen LogP contribution is -2.39. The van der Waals surface area contributed by atoms with Crippen molar-refractivity contribution < 1.29 is 9.50 Å². The first-order valence-electron chi connectivity index (χ1n) is 7.37. The van der Waals surface area contributed by atoms with Gasteiger partial charge in [-0.3, -0.25) is 4.98 Å². The zero-order valence-electron chi connectivity index (χ0n) is 12.8. The number of nitrogens with zero attached hydrogens (tertiary/aromatic N) is 1. The van der Waals surface area contributed by atoms with Crippen LogP contribution in [0.5, 0.6) is 0 Å². The van der Waals surface area contributed by atoms with Crippen molar-refractivity contribution >= 4 is 0 Å². The molecule has 0 saturated heterocycles. The molecule has 0 aliphatic heterocycles. The Kier molecular flexibility index (Phi) is 4.73. The van der Waals surface area contributed by atoms with Crippen LogP contribution in [0.15, 0.2) is 48.7 Å². The normalized spacial score (nSPS) is 15.7. The van der Waals surface area contributed by atoms with Crippen molar-refractivity contribution in [2.24, 2.45) is 5.92 Å². The maximum Gasteiger partial charge on any atom is 0.123 e. The number of hydrogen-bond donors (Lipinski definition) is 1. The van der Waals surface area contributed by atoms with Gasteiger partial charge < -0.3 is 5.11 Å². The van der Waals surface area contributed by atoms with Gasteiger partial charge in [0.05, 0.1) is 6.10 Å². The fourth-order valence-electron chi connectivity index (χ4n) is 3.11. The van der Waals surface area contributed by atoms with Crippen LogP contribution in [0.25, 0.3) is 0 Å². The summed E-state index contributed by atoms with van der Waals surface area (Å²) in [4.78, 5) is 4.47. The third-order valence-corrected chi connectivity index (χ3v) is 4.43. The van der Waals surface area contributed by atoms with Crippen molar-refractivity contribution in [3.05, 3.63) is 65.7 Å². The summed E-state index contributed by atoms with van der Waals surface area (Å²) >= 11 is 0. The first-order chi connectivity index (χ1) is 10.0. The van der Waals surface area contributed by atoms with E-state index in [4.69, 9.17) is 0 Å². The SMILES string of the molecule is CCC(c1ccccn1)(C(C)C)C(O)c1ccc(F)cc1. The molecule has 1 aromatic heterocycles. The predicted octanol–water partition coefficient (Wildman–Crippen LogP) is 4.26. The lowest BCUT2D eigenvalue weighted by molar-refractivity contribution is 0.0422. The molecule has 0 aliphatic rings. The van der Waals surface area contributed by atoms with Gasteiger partial charge in [0.25, 0.3) is 0 Å². The maximum absolute atomic E-state index is 13.1. The first kappa shape index (κ1) is 15.6. The Bertz CT molecular complexity index is 568. The fourth-order valence-corrected chi connectivity index (χ4v) is 3.11. The van der Waals surface area contributed by atoms with Gasteiger partial charge in [-0.05, 0) is 42.2 Å². The summed E-state index contributed by atoms with van der Waals surface area (Å²) in [5.41, 5.74) is 1.11. The Morgan fingerprint density at radius 1 is 1.14 bits per heavy atom. The summed E-state index contributed by atoms with van der Waals surface area (Å²) in [5.74, 6) is -0.104. The molecule has 2 nitrogen and oxygen atoms in total. The number of benzene rings is 1. The second-order valence-electron chi connectivity index (χ2n) is 5.72. The van der Waals surface area contributed by atoms with E-state index in [0.29, 0.717) is 0 Å². The number of aromatic nitrogens is 1. The summed E-state index contributed by atoms with van der Waals surface area (Å²) in [5, 5.41) is 11.0. The van der Waals surface area contributed by atoms with Gasteiger partial charge in [-0.2, -0.15) is 0 Å². The van der Waals surface area contributed by atoms with Gasteiger partial charge in [-0.15, -0.1) is 0 Å². The highest BCUT2D eigenvalue weighted by Gasteiger charge is 2.42. The van der Waals surface area contributed by atoms with Crippen molar-refractivity contribution in [2.45, 2.75) is 38.7 Å². The first-order valence-corrected chi connectivity index (χ1v) is 7.37. The molecular formula is C18H22FNO. The van der Waals surface area contributed by atoms with Crippen LogP contribution in [0, 0.1) is 11.7 Å². The van der Waals surface area contributed by atoms with Gasteiger partial charge >= 0.3 is 0 Å². The van der Waals surface area contributed by atoms with E-state index in [2.05, 4.69) is 25.8 Å². The van der Waals surface area contributed by atoms with E-state index in [1.165, 1.54) is 12.1 Å². The van der Waals surface area contributed by atoms with E-state index < -0.39 is 11.5 Å². The molecule has 1 N–H and O–H groups in total. The molecule has 0 spiro atoms. The van der Waals surface area contributed by atoms with E-state index in [0.717, 1.165) is 17.7 Å². The minimum atomic E-state index is -0.724. The predicted molar refractivity (Wildman–Crippen MR) is 82.4 cm³/mol. The number of rotatable bonds is 5. The average molecular weight is 287 g/mol. The number of aliphatic hydroxyl groups excluding tert-OH is 1. The van der Waals surface area contributed by atoms with Crippen LogP contribution in [0.2, 0.25) is 0 Å². The fraction of sp³-hybridized carbons (Fsp3) is 0.389. The summed E-state index contributed by atoms with van der Waals surface area (Å²) in [7, 11) is 0. The largest absolute Gasteiger partial charge is 0.387 e. The van der Waals surface area contributed by atoms with Crippen molar-refractivity contribution in [1.29, 1.82) is 0 Å². The molecule has 2 atom stereocenters. The van der Waals surface area contributed by atoms with Gasteiger partial charge in [0.15, 0.2) is 0 Å². The Hall–Kier alpha value is -1.74. The quantitative estimate of drug-likeness (QED) is 0.891. The van der Waals surface area contributed by atoms with Crippen LogP contribution in [0.3, 0.4) is 0 Å². The van der Waals surface area contributed by atoms with Crippen molar-refractivity contribution in [1.82, 2.24) is 4.98 Å². The molecule has 112 valence electrons. The molecule has 0 amide bonds. The highest BCUT2D eigenvalue weighted by atomic mass is 19.1. The lowest BCUT2D eigenvalue weighted by atomic mass is 9.66. The number of aliphatic hydroxyl groups is 1. The molecular weight excluding hydrogens is 265 g/mol. The van der Waals surface area contributed by atoms with Gasteiger partial charge in [0.1, 0.15) is 5.82 Å². The highest BCUT2D eigenvalue weighted by molar-refractivity contribution is 5.29. The van der Waals surface area contributed by atoms with Crippen LogP contribution in [0.1, 0.15) is 44.6 Å². The molecule has 1 heterocycles. The average Bonchev–Trinajstić information content (AvgIpc) is 2.50. The zero-order valence-corrected chi connectivity index (χ0v) is 12.8. The maximum atomic E-state index is 13.1. The monoisotopic (exact) mass is 287 g/mol. The van der Waals surface area contributed by atoms with Crippen molar-refractivity contribution in [2.75, 3.05) is 0 Å². The molecule has 2 rings (SSSR count). The Balaban J connectivity index is 2.52. The van der Waals surface area contributed by atoms with Crippen LogP contribution >= 0.6 is 0 Å². The number of hydrogen-bond acceptors (Lipinski definition) is 2. The van der Waals surface area contributed by atoms with E-state index in [9.17, 15) is 9.50 Å². The van der Waals surface area contributed by atoms with E-state index >= 15 is 0 Å². The zero-order chi connectivity index (χ0) is 15.5. The lowest BCUT2D eigenvalue weighted by Gasteiger charge is -2.40. The Labute approximate surface area is 125 Å². The third kappa shape index (κ3) is 2.84. The van der Waals surface area contributed by atoms with Crippen molar-refractivity contribution in [3.63, 3.8) is 0 Å². The molecule has 3 heteroatoms. The van der Waals surface area contributed by atoms with Crippen LogP contribution in [0.4, 0.5) is 4.39 Å². The molecule has 0 radical (unpaired) electrons. The van der Waals surface area contributed by atoms with E-state index in [-0.39, 0.29) is 11.7 Å². The van der Waals surface area contributed by atoms with E-state index in [1.807, 2.05) is 18.2 Å². The number of halogens is 1. The van der Waals surface area contributed by atoms with E-state index in [1.54, 1.807) is 18.3 Å². The van der Waals surface area contributed by atoms with Crippen LogP contribution in [-0.2, 0) is 5.41 Å². The molecule has 2 aromatic rings. The molecule has 0 fully saturated rings. The summed E-state index contributed by atoms with van der Waals surface area (Å²) in [6.45, 7) is 6.23. The molecule has 1 aromatic carbocycles. The molecule has 0 aliphatic carbocycles. The molecule has 21 heavy (non-hydrogen) atoms. The van der Waals surface area contributed by atoms with Crippen LogP contribution < -0.4 is 0 Å². The molecule has 0 saturated carbocycles. The van der Waals surface area contributed by atoms with Gasteiger partial charge in [-0.1, -0.05) is 39.0 Å². The summed E-state index contributed by atoms with van der Waals surface area (Å²) < 4.78 is 13.1. The second-order valence-corrected chi connectivity index (χ2v) is 5.72. The number of pyridine rings is 1. The van der Waals surface area contributed by atoms with Crippen molar-refractivity contribution in [3.8, 4) is 0 Å². The Morgan fingerprint density at radius 2 is 1.81 bits per heavy atom. The van der Waals surface area contributed by atoms with Crippen LogP contribution in [-0.4, -0.2) is 10.1 Å². The third-order valence-electron chi connectivity index (χ3n) is 4.43. The smallest absolute Gasteiger partial charge is 0.123 e. The second kappa shape index (κ2) is 6.35.